The second-order valence-electron chi connectivity index (χ2n) is 8.53. The molecule has 0 saturated carbocycles. The van der Waals surface area contributed by atoms with Crippen LogP contribution >= 0.6 is 0 Å². The zero-order chi connectivity index (χ0) is 22.9. The zero-order valence-corrected chi connectivity index (χ0v) is 18.8. The van der Waals surface area contributed by atoms with Gasteiger partial charge >= 0.3 is 0 Å². The molecule has 3 aromatic rings. The molecule has 0 spiro atoms. The molecule has 0 radical (unpaired) electrons. The predicted molar refractivity (Wildman–Crippen MR) is 122 cm³/mol. The van der Waals surface area contributed by atoms with Crippen molar-refractivity contribution in [3.05, 3.63) is 58.8 Å². The Morgan fingerprint density at radius 3 is 2.48 bits per heavy atom. The van der Waals surface area contributed by atoms with Crippen molar-refractivity contribution < 1.29 is 39.5 Å². The van der Waals surface area contributed by atoms with E-state index < -0.39 is 11.5 Å². The van der Waals surface area contributed by atoms with Gasteiger partial charge in [-0.05, 0) is 56.2 Å². The highest BCUT2D eigenvalue weighted by Gasteiger charge is 2.41. The second kappa shape index (κ2) is 9.93. The summed E-state index contributed by atoms with van der Waals surface area (Å²) in [6.07, 6.45) is 0.0132. The number of fused-ring (bicyclic) bond motifs is 4. The minimum Gasteiger partial charge on any atom is -0.493 e. The van der Waals surface area contributed by atoms with E-state index in [0.29, 0.717) is 47.0 Å². The molecule has 1 aromatic heterocycles. The van der Waals surface area contributed by atoms with E-state index in [2.05, 4.69) is 0 Å². The molecular formula is C25H30O8. The van der Waals surface area contributed by atoms with Gasteiger partial charge in [-0.1, -0.05) is 0 Å². The molecule has 178 valence electrons. The monoisotopic (exact) mass is 458 g/mol. The van der Waals surface area contributed by atoms with E-state index in [1.807, 2.05) is 26.0 Å². The third-order valence-electron chi connectivity index (χ3n) is 5.84. The molecule has 2 aromatic carbocycles. The Kier molecular flexibility index (Phi) is 7.44. The van der Waals surface area contributed by atoms with Crippen molar-refractivity contribution >= 4 is 16.8 Å². The normalized spacial score (nSPS) is 14.9. The minimum atomic E-state index is -0.763. The molecule has 1 aliphatic carbocycles. The highest BCUT2D eigenvalue weighted by atomic mass is 16.5. The van der Waals surface area contributed by atoms with Gasteiger partial charge in [0.05, 0.1) is 18.3 Å². The topological polar surface area (TPSA) is 141 Å². The highest BCUT2D eigenvalue weighted by molar-refractivity contribution is 6.19. The van der Waals surface area contributed by atoms with Crippen LogP contribution in [0.4, 0.5) is 0 Å². The standard InChI is InChI=1S/C25H28O7.H2O/c1-25(2)20-12-16(31-14-15(28)8-10-27)4-6-18(20)23(29)22-19-7-5-17(30-11-3-9-26)13-21(19)32-24(22)25;/h4-7,12-13,15,26-28H,3,8-11,14H2,1-2H3;1H2/t15-;/m0./s1. The van der Waals surface area contributed by atoms with E-state index in [-0.39, 0.29) is 37.5 Å². The summed E-state index contributed by atoms with van der Waals surface area (Å²) in [5.74, 6) is 1.65. The maximum atomic E-state index is 13.4. The molecule has 0 saturated heterocycles. The quantitative estimate of drug-likeness (QED) is 0.418. The Labute approximate surface area is 191 Å². The summed E-state index contributed by atoms with van der Waals surface area (Å²) in [6, 6.07) is 10.7. The van der Waals surface area contributed by atoms with Crippen molar-refractivity contribution in [2.75, 3.05) is 26.4 Å². The Morgan fingerprint density at radius 2 is 1.76 bits per heavy atom. The number of carbonyl (C=O) groups excluding carboxylic acids is 1. The van der Waals surface area contributed by atoms with Crippen LogP contribution in [0.15, 0.2) is 40.8 Å². The first-order valence-electron chi connectivity index (χ1n) is 10.8. The molecule has 33 heavy (non-hydrogen) atoms. The average molecular weight is 459 g/mol. The molecule has 1 aliphatic rings. The van der Waals surface area contributed by atoms with Crippen molar-refractivity contribution in [2.24, 2.45) is 0 Å². The van der Waals surface area contributed by atoms with Crippen molar-refractivity contribution in [3.63, 3.8) is 0 Å². The van der Waals surface area contributed by atoms with E-state index in [1.165, 1.54) is 0 Å². The smallest absolute Gasteiger partial charge is 0.197 e. The molecule has 5 N–H and O–H groups in total. The van der Waals surface area contributed by atoms with E-state index in [9.17, 15) is 9.90 Å². The molecular weight excluding hydrogens is 428 g/mol. The number of aliphatic hydroxyl groups excluding tert-OH is 3. The molecule has 0 unspecified atom stereocenters. The van der Waals surface area contributed by atoms with Crippen LogP contribution in [-0.4, -0.2) is 59.1 Å². The fraction of sp³-hybridized carbons (Fsp3) is 0.400. The summed E-state index contributed by atoms with van der Waals surface area (Å²) >= 11 is 0. The first-order chi connectivity index (χ1) is 15.4. The van der Waals surface area contributed by atoms with Crippen LogP contribution in [0.3, 0.4) is 0 Å². The third-order valence-corrected chi connectivity index (χ3v) is 5.84. The first-order valence-corrected chi connectivity index (χ1v) is 10.8. The van der Waals surface area contributed by atoms with Crippen molar-refractivity contribution in [1.82, 2.24) is 0 Å². The fourth-order valence-corrected chi connectivity index (χ4v) is 4.10. The van der Waals surface area contributed by atoms with Crippen LogP contribution in [0.1, 0.15) is 53.9 Å². The SMILES string of the molecule is CC1(C)c2cc(OC[C@@H](O)CCO)ccc2C(=O)c2c1oc1cc(OCCCO)ccc21.O. The van der Waals surface area contributed by atoms with Crippen LogP contribution < -0.4 is 9.47 Å². The molecule has 1 heterocycles. The van der Waals surface area contributed by atoms with Gasteiger partial charge in [0.25, 0.3) is 0 Å². The van der Waals surface area contributed by atoms with Crippen molar-refractivity contribution in [3.8, 4) is 11.5 Å². The van der Waals surface area contributed by atoms with E-state index in [1.54, 1.807) is 24.3 Å². The highest BCUT2D eigenvalue weighted by Crippen LogP contribution is 2.46. The van der Waals surface area contributed by atoms with E-state index in [0.717, 1.165) is 10.9 Å². The zero-order valence-electron chi connectivity index (χ0n) is 18.8. The lowest BCUT2D eigenvalue weighted by atomic mass is 9.71. The maximum absolute atomic E-state index is 13.4. The summed E-state index contributed by atoms with van der Waals surface area (Å²) in [5.41, 5.74) is 1.94. The number of aliphatic hydroxyl groups is 3. The van der Waals surface area contributed by atoms with Crippen LogP contribution in [0.25, 0.3) is 11.0 Å². The van der Waals surface area contributed by atoms with E-state index >= 15 is 0 Å². The Balaban J connectivity index is 0.00000306. The van der Waals surface area contributed by atoms with Gasteiger partial charge in [-0.25, -0.2) is 0 Å². The number of furan rings is 1. The third kappa shape index (κ3) is 4.60. The first kappa shape index (κ1) is 24.7. The molecule has 1 atom stereocenters. The molecule has 0 bridgehead atoms. The summed E-state index contributed by atoms with van der Waals surface area (Å²) in [7, 11) is 0. The fourth-order valence-electron chi connectivity index (χ4n) is 4.10. The Morgan fingerprint density at radius 1 is 1.03 bits per heavy atom. The number of benzene rings is 2. The molecule has 0 aliphatic heterocycles. The van der Waals surface area contributed by atoms with Crippen LogP contribution in [0.5, 0.6) is 11.5 Å². The average Bonchev–Trinajstić information content (AvgIpc) is 3.17. The Hall–Kier alpha value is -2.91. The maximum Gasteiger partial charge on any atom is 0.197 e. The van der Waals surface area contributed by atoms with Gasteiger partial charge in [0.1, 0.15) is 29.4 Å². The number of hydrogen-bond donors (Lipinski definition) is 3. The molecule has 0 fully saturated rings. The number of rotatable bonds is 9. The van der Waals surface area contributed by atoms with Gasteiger partial charge in [-0.15, -0.1) is 0 Å². The molecule has 0 amide bonds. The number of ether oxygens (including phenoxy) is 2. The van der Waals surface area contributed by atoms with Gasteiger partial charge in [-0.2, -0.15) is 0 Å². The van der Waals surface area contributed by atoms with E-state index in [4.69, 9.17) is 24.1 Å². The number of hydrogen-bond acceptors (Lipinski definition) is 7. The van der Waals surface area contributed by atoms with Crippen molar-refractivity contribution in [1.29, 1.82) is 0 Å². The molecule has 8 nitrogen and oxygen atoms in total. The molecule has 8 heteroatoms. The lowest BCUT2D eigenvalue weighted by molar-refractivity contribution is 0.0820. The summed E-state index contributed by atoms with van der Waals surface area (Å²) in [4.78, 5) is 13.4. The van der Waals surface area contributed by atoms with Crippen LogP contribution in [0.2, 0.25) is 0 Å². The summed E-state index contributed by atoms with van der Waals surface area (Å²) < 4.78 is 17.5. The predicted octanol–water partition coefficient (Wildman–Crippen LogP) is 2.36. The number of ketones is 1. The van der Waals surface area contributed by atoms with Crippen LogP contribution in [0, 0.1) is 0 Å². The van der Waals surface area contributed by atoms with Gasteiger partial charge < -0.3 is 34.7 Å². The molecule has 4 rings (SSSR count). The van der Waals surface area contributed by atoms with Gasteiger partial charge in [0.15, 0.2) is 5.78 Å². The summed E-state index contributed by atoms with van der Waals surface area (Å²) in [6.45, 7) is 4.41. The van der Waals surface area contributed by atoms with Crippen molar-refractivity contribution in [2.45, 2.75) is 38.2 Å². The second-order valence-corrected chi connectivity index (χ2v) is 8.53. The summed E-state index contributed by atoms with van der Waals surface area (Å²) in [5, 5.41) is 28.4. The van der Waals surface area contributed by atoms with Gasteiger partial charge in [0.2, 0.25) is 0 Å². The van der Waals surface area contributed by atoms with Gasteiger partial charge in [0, 0.05) is 42.1 Å². The number of carbonyl (C=O) groups is 1. The largest absolute Gasteiger partial charge is 0.493 e. The van der Waals surface area contributed by atoms with Gasteiger partial charge in [-0.3, -0.25) is 4.79 Å². The minimum absolute atomic E-state index is 0. The Bertz CT molecular complexity index is 1130. The van der Waals surface area contributed by atoms with Crippen LogP contribution in [-0.2, 0) is 5.41 Å². The lowest BCUT2D eigenvalue weighted by Crippen LogP contribution is -2.29. The lowest BCUT2D eigenvalue weighted by Gasteiger charge is -2.31.